The van der Waals surface area contributed by atoms with Gasteiger partial charge in [-0.1, -0.05) is 77.0 Å². The van der Waals surface area contributed by atoms with Gasteiger partial charge in [0.05, 0.1) is 39.6 Å². The molecule has 21 nitrogen and oxygen atoms in total. The first-order valence-corrected chi connectivity index (χ1v) is 23.2. The molecule has 0 aliphatic heterocycles. The third-order valence-electron chi connectivity index (χ3n) is 9.79. The summed E-state index contributed by atoms with van der Waals surface area (Å²) in [4.78, 5) is 104. The fourth-order valence-corrected chi connectivity index (χ4v) is 6.20. The van der Waals surface area contributed by atoms with Gasteiger partial charge in [-0.05, 0) is 32.1 Å². The topological polar surface area (TPSA) is 311 Å². The van der Waals surface area contributed by atoms with Crippen molar-refractivity contribution in [2.24, 2.45) is 0 Å². The highest BCUT2D eigenvalue weighted by molar-refractivity contribution is 5.85. The Balaban J connectivity index is 3.69. The second-order valence-electron chi connectivity index (χ2n) is 15.5. The summed E-state index contributed by atoms with van der Waals surface area (Å²) in [6.07, 6.45) is 16.2. The quantitative estimate of drug-likeness (QED) is 0.0321. The van der Waals surface area contributed by atoms with Crippen LogP contribution in [0.2, 0.25) is 0 Å². The lowest BCUT2D eigenvalue weighted by Gasteiger charge is -2.14. The monoisotopic (exact) mass is 932 g/mol. The molecule has 0 heterocycles. The Morgan fingerprint density at radius 1 is 0.400 bits per heavy atom. The third-order valence-corrected chi connectivity index (χ3v) is 9.79. The number of unbranched alkanes of at least 4 members (excludes halogenated alkanes) is 13. The van der Waals surface area contributed by atoms with Crippen LogP contribution in [0.25, 0.3) is 0 Å². The fourth-order valence-electron chi connectivity index (χ4n) is 6.20. The molecule has 0 spiro atoms. The van der Waals surface area contributed by atoms with Gasteiger partial charge in [-0.3, -0.25) is 28.8 Å². The van der Waals surface area contributed by atoms with Crippen molar-refractivity contribution in [1.82, 2.24) is 26.6 Å². The van der Waals surface area contributed by atoms with E-state index in [4.69, 9.17) is 29.2 Å². The van der Waals surface area contributed by atoms with E-state index in [0.717, 1.165) is 44.9 Å². The Kier molecular flexibility index (Phi) is 40.0. The lowest BCUT2D eigenvalue weighted by atomic mass is 10.0. The van der Waals surface area contributed by atoms with E-state index in [1.54, 1.807) is 0 Å². The van der Waals surface area contributed by atoms with Crippen molar-refractivity contribution in [1.29, 1.82) is 0 Å². The lowest BCUT2D eigenvalue weighted by molar-refractivity contribution is -0.142. The molecule has 0 aromatic rings. The zero-order valence-electron chi connectivity index (χ0n) is 38.2. The summed E-state index contributed by atoms with van der Waals surface area (Å²) in [6, 6.07) is -2.30. The number of aldehydes is 1. The maximum atomic E-state index is 12.3. The van der Waals surface area contributed by atoms with Gasteiger partial charge in [-0.2, -0.15) is 0 Å². The molecule has 0 fully saturated rings. The molecular weight excluding hydrogens is 855 g/mol. The molecule has 21 heteroatoms. The summed E-state index contributed by atoms with van der Waals surface area (Å²) in [5.41, 5.74) is 0. The second-order valence-corrected chi connectivity index (χ2v) is 15.5. The van der Waals surface area contributed by atoms with Gasteiger partial charge in [-0.15, -0.1) is 0 Å². The highest BCUT2D eigenvalue weighted by Crippen LogP contribution is 2.14. The molecule has 374 valence electrons. The van der Waals surface area contributed by atoms with Crippen molar-refractivity contribution in [2.75, 3.05) is 72.5 Å². The van der Waals surface area contributed by atoms with E-state index >= 15 is 0 Å². The van der Waals surface area contributed by atoms with Crippen molar-refractivity contribution in [2.45, 2.75) is 153 Å². The molecule has 0 unspecified atom stereocenters. The van der Waals surface area contributed by atoms with E-state index < -0.39 is 41.8 Å². The van der Waals surface area contributed by atoms with Crippen LogP contribution >= 0.6 is 0 Å². The molecular formula is C44H77N5O16. The molecule has 0 rings (SSSR count). The summed E-state index contributed by atoms with van der Waals surface area (Å²) >= 11 is 0. The summed E-state index contributed by atoms with van der Waals surface area (Å²) in [6.45, 7) is 1.18. The molecule has 0 aromatic carbocycles. The largest absolute Gasteiger partial charge is 0.481 e. The van der Waals surface area contributed by atoms with Gasteiger partial charge < -0.3 is 65.6 Å². The smallest absolute Gasteiger partial charge is 0.326 e. The van der Waals surface area contributed by atoms with Crippen molar-refractivity contribution < 1.29 is 77.4 Å². The number of hydrogen-bond acceptors (Lipinski definition) is 13. The SMILES string of the molecule is O=CCC[C@H](NC(=O)CCCNC(=O)COCCOCCNC(=O)COCCOCCNC(=O)CC[C@H](NC(=O)CCCCCCCCCCCCCCCCC(=O)O)C(=O)O)C(=O)O. The van der Waals surface area contributed by atoms with E-state index in [2.05, 4.69) is 26.6 Å². The van der Waals surface area contributed by atoms with E-state index in [1.165, 1.54) is 38.5 Å². The van der Waals surface area contributed by atoms with Crippen molar-refractivity contribution >= 4 is 53.7 Å². The molecule has 0 aliphatic carbocycles. The van der Waals surface area contributed by atoms with Crippen LogP contribution in [-0.4, -0.2) is 154 Å². The highest BCUT2D eigenvalue weighted by Gasteiger charge is 2.21. The zero-order valence-corrected chi connectivity index (χ0v) is 38.2. The van der Waals surface area contributed by atoms with Crippen molar-refractivity contribution in [3.8, 4) is 0 Å². The fraction of sp³-hybridized carbons (Fsp3) is 0.795. The second kappa shape index (κ2) is 43.2. The number of carbonyl (C=O) groups excluding carboxylic acids is 6. The van der Waals surface area contributed by atoms with E-state index in [-0.39, 0.29) is 142 Å². The molecule has 8 N–H and O–H groups in total. The molecule has 2 atom stereocenters. The molecule has 0 saturated heterocycles. The summed E-state index contributed by atoms with van der Waals surface area (Å²) in [5.74, 6) is -5.11. The number of nitrogens with one attached hydrogen (secondary N) is 5. The van der Waals surface area contributed by atoms with Gasteiger partial charge in [-0.25, -0.2) is 9.59 Å². The zero-order chi connectivity index (χ0) is 48.2. The maximum absolute atomic E-state index is 12.3. The van der Waals surface area contributed by atoms with Crippen molar-refractivity contribution in [3.63, 3.8) is 0 Å². The molecule has 0 aliphatic rings. The number of rotatable bonds is 47. The number of aliphatic carboxylic acids is 3. The predicted octanol–water partition coefficient (Wildman–Crippen LogP) is 2.41. The minimum absolute atomic E-state index is 0.00102. The number of amides is 5. The van der Waals surface area contributed by atoms with Crippen LogP contribution in [0.15, 0.2) is 0 Å². The number of carboxylic acids is 3. The average Bonchev–Trinajstić information content (AvgIpc) is 3.26. The summed E-state index contributed by atoms with van der Waals surface area (Å²) in [7, 11) is 0. The van der Waals surface area contributed by atoms with Crippen LogP contribution in [0, 0.1) is 0 Å². The minimum Gasteiger partial charge on any atom is -0.481 e. The van der Waals surface area contributed by atoms with Crippen LogP contribution in [0.3, 0.4) is 0 Å². The number of hydrogen-bond donors (Lipinski definition) is 8. The first kappa shape index (κ1) is 60.3. The van der Waals surface area contributed by atoms with Gasteiger partial charge in [0.1, 0.15) is 31.6 Å². The van der Waals surface area contributed by atoms with Gasteiger partial charge >= 0.3 is 17.9 Å². The minimum atomic E-state index is -1.22. The van der Waals surface area contributed by atoms with Gasteiger partial charge in [0.25, 0.3) is 0 Å². The summed E-state index contributed by atoms with van der Waals surface area (Å²) in [5, 5.41) is 39.9. The van der Waals surface area contributed by atoms with Gasteiger partial charge in [0.2, 0.25) is 29.5 Å². The Bertz CT molecular complexity index is 1350. The molecule has 65 heavy (non-hydrogen) atoms. The highest BCUT2D eigenvalue weighted by atomic mass is 16.5. The Labute approximate surface area is 382 Å². The first-order chi connectivity index (χ1) is 31.3. The Morgan fingerprint density at radius 3 is 1.23 bits per heavy atom. The van der Waals surface area contributed by atoms with Crippen LogP contribution in [-0.2, 0) is 62.1 Å². The number of carbonyl (C=O) groups is 9. The number of ether oxygens (including phenoxy) is 4. The number of carboxylic acid groups (broad SMARTS) is 3. The first-order valence-electron chi connectivity index (χ1n) is 23.2. The van der Waals surface area contributed by atoms with Crippen molar-refractivity contribution in [3.05, 3.63) is 0 Å². The summed E-state index contributed by atoms with van der Waals surface area (Å²) < 4.78 is 21.2. The molecule has 0 aromatic heterocycles. The van der Waals surface area contributed by atoms with Crippen LogP contribution in [0.1, 0.15) is 141 Å². The van der Waals surface area contributed by atoms with Gasteiger partial charge in [0, 0.05) is 51.7 Å². The Morgan fingerprint density at radius 2 is 0.785 bits per heavy atom. The molecule has 5 amide bonds. The lowest BCUT2D eigenvalue weighted by Crippen LogP contribution is -2.41. The Hall–Kier alpha value is -4.73. The van der Waals surface area contributed by atoms with E-state index in [0.29, 0.717) is 12.7 Å². The van der Waals surface area contributed by atoms with Crippen LogP contribution < -0.4 is 26.6 Å². The third kappa shape index (κ3) is 41.7. The van der Waals surface area contributed by atoms with E-state index in [1.807, 2.05) is 0 Å². The van der Waals surface area contributed by atoms with E-state index in [9.17, 15) is 48.3 Å². The normalized spacial score (nSPS) is 11.8. The standard InChI is InChI=1S/C44H77N5O16/c50-26-16-17-35(43(58)59)48-39(53)19-15-23-45-40(54)33-64-31-30-63-28-25-47-41(55)34-65-32-29-62-27-24-46-37(51)22-21-36(44(60)61)49-38(52)18-13-11-9-7-5-3-1-2-4-6-8-10-12-14-20-42(56)57/h26,35-36H,1-25,27-34H2,(H,45,54)(H,46,51)(H,47,55)(H,48,53)(H,49,52)(H,56,57)(H,58,59)(H,60,61)/t35-,36-/m0/s1. The van der Waals surface area contributed by atoms with Gasteiger partial charge in [0.15, 0.2) is 0 Å². The maximum Gasteiger partial charge on any atom is 0.326 e. The molecule has 0 bridgehead atoms. The average molecular weight is 932 g/mol. The van der Waals surface area contributed by atoms with Crippen LogP contribution in [0.5, 0.6) is 0 Å². The molecule has 0 saturated carbocycles. The predicted molar refractivity (Wildman–Crippen MR) is 237 cm³/mol. The van der Waals surface area contributed by atoms with Crippen LogP contribution in [0.4, 0.5) is 0 Å². The molecule has 0 radical (unpaired) electrons.